The molecule has 0 radical (unpaired) electrons. The summed E-state index contributed by atoms with van der Waals surface area (Å²) >= 11 is 6.39. The molecule has 2 aromatic carbocycles. The van der Waals surface area contributed by atoms with Crippen LogP contribution in [0.15, 0.2) is 54.9 Å². The standard InChI is InChI=1S/C22H20ClN3O2/c1-14-7-8-19-17(9-14)21(16-10-24-22(28-2)25-11-16)20(13-27)26(19)12-15-5-3-4-6-18(15)23/h3-11,27H,12-13H2,1-2H3. The summed E-state index contributed by atoms with van der Waals surface area (Å²) < 4.78 is 7.18. The predicted octanol–water partition coefficient (Wildman–Crippen LogP) is 4.61. The van der Waals surface area contributed by atoms with Crippen LogP contribution in [0.25, 0.3) is 22.0 Å². The first kappa shape index (κ1) is 18.5. The van der Waals surface area contributed by atoms with E-state index >= 15 is 0 Å². The Balaban J connectivity index is 1.96. The van der Waals surface area contributed by atoms with Crippen molar-refractivity contribution in [2.45, 2.75) is 20.1 Å². The zero-order valence-electron chi connectivity index (χ0n) is 15.7. The summed E-state index contributed by atoms with van der Waals surface area (Å²) in [6, 6.07) is 14.3. The lowest BCUT2D eigenvalue weighted by Gasteiger charge is -2.12. The number of halogens is 1. The van der Waals surface area contributed by atoms with E-state index in [0.29, 0.717) is 17.6 Å². The van der Waals surface area contributed by atoms with Gasteiger partial charge < -0.3 is 14.4 Å². The molecular formula is C22H20ClN3O2. The number of nitrogens with zero attached hydrogens (tertiary/aromatic N) is 3. The van der Waals surface area contributed by atoms with E-state index in [2.05, 4.69) is 39.7 Å². The Kier molecular flexibility index (Phi) is 5.03. The van der Waals surface area contributed by atoms with Crippen LogP contribution in [0.2, 0.25) is 5.02 Å². The first-order valence-electron chi connectivity index (χ1n) is 8.94. The third kappa shape index (κ3) is 3.23. The van der Waals surface area contributed by atoms with Crippen molar-refractivity contribution in [1.82, 2.24) is 14.5 Å². The van der Waals surface area contributed by atoms with Crippen molar-refractivity contribution in [2.75, 3.05) is 7.11 Å². The summed E-state index contributed by atoms with van der Waals surface area (Å²) in [7, 11) is 1.53. The highest BCUT2D eigenvalue weighted by atomic mass is 35.5. The molecule has 4 rings (SSSR count). The largest absolute Gasteiger partial charge is 0.467 e. The topological polar surface area (TPSA) is 60.2 Å². The SMILES string of the molecule is COc1ncc(-c2c(CO)n(Cc3ccccc3Cl)c3ccc(C)cc23)cn1. The molecule has 0 saturated heterocycles. The van der Waals surface area contributed by atoms with E-state index in [4.69, 9.17) is 16.3 Å². The minimum atomic E-state index is -0.112. The molecule has 5 nitrogen and oxygen atoms in total. The highest BCUT2D eigenvalue weighted by Gasteiger charge is 2.19. The monoisotopic (exact) mass is 393 g/mol. The maximum Gasteiger partial charge on any atom is 0.316 e. The summed E-state index contributed by atoms with van der Waals surface area (Å²) in [5.41, 5.74) is 5.72. The van der Waals surface area contributed by atoms with E-state index in [1.54, 1.807) is 12.4 Å². The number of aromatic nitrogens is 3. The van der Waals surface area contributed by atoms with Crippen LogP contribution < -0.4 is 4.74 Å². The summed E-state index contributed by atoms with van der Waals surface area (Å²) in [6.07, 6.45) is 3.45. The zero-order chi connectivity index (χ0) is 19.7. The van der Waals surface area contributed by atoms with Gasteiger partial charge >= 0.3 is 6.01 Å². The Hall–Kier alpha value is -2.89. The lowest BCUT2D eigenvalue weighted by Crippen LogP contribution is -2.05. The van der Waals surface area contributed by atoms with Crippen LogP contribution in [0.4, 0.5) is 0 Å². The fourth-order valence-electron chi connectivity index (χ4n) is 3.54. The maximum absolute atomic E-state index is 10.3. The summed E-state index contributed by atoms with van der Waals surface area (Å²) in [6.45, 7) is 2.50. The number of methoxy groups -OCH3 is 1. The van der Waals surface area contributed by atoms with Gasteiger partial charge in [0, 0.05) is 46.0 Å². The second-order valence-corrected chi connectivity index (χ2v) is 7.04. The van der Waals surface area contributed by atoms with Crippen LogP contribution in [-0.4, -0.2) is 26.8 Å². The van der Waals surface area contributed by atoms with Gasteiger partial charge in [-0.1, -0.05) is 41.4 Å². The smallest absolute Gasteiger partial charge is 0.316 e. The molecule has 0 aliphatic rings. The third-order valence-electron chi connectivity index (χ3n) is 4.86. The Morgan fingerprint density at radius 2 is 1.86 bits per heavy atom. The van der Waals surface area contributed by atoms with Crippen LogP contribution in [0.1, 0.15) is 16.8 Å². The van der Waals surface area contributed by atoms with Crippen LogP contribution in [0.5, 0.6) is 6.01 Å². The molecule has 0 bridgehead atoms. The molecule has 0 saturated carbocycles. The van der Waals surface area contributed by atoms with Gasteiger partial charge in [0.15, 0.2) is 0 Å². The molecule has 0 atom stereocenters. The Bertz CT molecular complexity index is 1140. The van der Waals surface area contributed by atoms with Crippen molar-refractivity contribution in [3.8, 4) is 17.1 Å². The number of aliphatic hydroxyl groups excluding tert-OH is 1. The zero-order valence-corrected chi connectivity index (χ0v) is 16.4. The molecule has 2 heterocycles. The van der Waals surface area contributed by atoms with Crippen molar-refractivity contribution in [2.24, 2.45) is 0 Å². The van der Waals surface area contributed by atoms with Crippen LogP contribution >= 0.6 is 11.6 Å². The van der Waals surface area contributed by atoms with Gasteiger partial charge in [-0.05, 0) is 30.7 Å². The van der Waals surface area contributed by atoms with E-state index in [9.17, 15) is 5.11 Å². The molecule has 0 spiro atoms. The number of aliphatic hydroxyl groups is 1. The number of benzene rings is 2. The fourth-order valence-corrected chi connectivity index (χ4v) is 3.73. The van der Waals surface area contributed by atoms with Crippen LogP contribution in [-0.2, 0) is 13.2 Å². The van der Waals surface area contributed by atoms with Gasteiger partial charge in [-0.15, -0.1) is 0 Å². The average Bonchev–Trinajstić information content (AvgIpc) is 3.02. The van der Waals surface area contributed by atoms with Gasteiger partial charge in [-0.3, -0.25) is 0 Å². The van der Waals surface area contributed by atoms with E-state index in [-0.39, 0.29) is 6.61 Å². The second-order valence-electron chi connectivity index (χ2n) is 6.64. The van der Waals surface area contributed by atoms with E-state index in [0.717, 1.165) is 38.9 Å². The third-order valence-corrected chi connectivity index (χ3v) is 5.23. The second kappa shape index (κ2) is 7.62. The molecule has 2 aromatic heterocycles. The number of fused-ring (bicyclic) bond motifs is 1. The minimum absolute atomic E-state index is 0.112. The minimum Gasteiger partial charge on any atom is -0.467 e. The van der Waals surface area contributed by atoms with Gasteiger partial charge in [-0.25, -0.2) is 9.97 Å². The lowest BCUT2D eigenvalue weighted by atomic mass is 10.0. The van der Waals surface area contributed by atoms with E-state index in [1.807, 2.05) is 24.3 Å². The predicted molar refractivity (Wildman–Crippen MR) is 111 cm³/mol. The molecular weight excluding hydrogens is 374 g/mol. The number of hydrogen-bond acceptors (Lipinski definition) is 4. The van der Waals surface area contributed by atoms with Crippen molar-refractivity contribution in [1.29, 1.82) is 0 Å². The first-order valence-corrected chi connectivity index (χ1v) is 9.32. The highest BCUT2D eigenvalue weighted by Crippen LogP contribution is 2.36. The number of hydrogen-bond donors (Lipinski definition) is 1. The number of rotatable bonds is 5. The van der Waals surface area contributed by atoms with Gasteiger partial charge in [0.05, 0.1) is 19.4 Å². The first-order chi connectivity index (χ1) is 13.6. The van der Waals surface area contributed by atoms with E-state index < -0.39 is 0 Å². The summed E-state index contributed by atoms with van der Waals surface area (Å²) in [4.78, 5) is 8.48. The average molecular weight is 394 g/mol. The Labute approximate surface area is 168 Å². The van der Waals surface area contributed by atoms with Crippen molar-refractivity contribution < 1.29 is 9.84 Å². The molecule has 142 valence electrons. The van der Waals surface area contributed by atoms with Crippen molar-refractivity contribution in [3.05, 3.63) is 76.7 Å². The Morgan fingerprint density at radius 1 is 1.11 bits per heavy atom. The quantitative estimate of drug-likeness (QED) is 0.538. The Morgan fingerprint density at radius 3 is 2.54 bits per heavy atom. The lowest BCUT2D eigenvalue weighted by molar-refractivity contribution is 0.273. The van der Waals surface area contributed by atoms with Gasteiger partial charge in [0.1, 0.15) is 0 Å². The van der Waals surface area contributed by atoms with Gasteiger partial charge in [0.2, 0.25) is 0 Å². The molecule has 6 heteroatoms. The van der Waals surface area contributed by atoms with Gasteiger partial charge in [-0.2, -0.15) is 0 Å². The molecule has 4 aromatic rings. The summed E-state index contributed by atoms with van der Waals surface area (Å²) in [5.74, 6) is 0. The van der Waals surface area contributed by atoms with Crippen molar-refractivity contribution in [3.63, 3.8) is 0 Å². The molecule has 0 aliphatic carbocycles. The van der Waals surface area contributed by atoms with Crippen LogP contribution in [0, 0.1) is 6.92 Å². The molecule has 0 unspecified atom stereocenters. The fraction of sp³-hybridized carbons (Fsp3) is 0.182. The number of aryl methyl sites for hydroxylation is 1. The van der Waals surface area contributed by atoms with E-state index in [1.165, 1.54) is 7.11 Å². The molecule has 28 heavy (non-hydrogen) atoms. The van der Waals surface area contributed by atoms with Crippen molar-refractivity contribution >= 4 is 22.5 Å². The van der Waals surface area contributed by atoms with Crippen LogP contribution in [0.3, 0.4) is 0 Å². The molecule has 0 aliphatic heterocycles. The maximum atomic E-state index is 10.3. The molecule has 1 N–H and O–H groups in total. The molecule has 0 fully saturated rings. The van der Waals surface area contributed by atoms with Gasteiger partial charge in [0.25, 0.3) is 0 Å². The normalized spacial score (nSPS) is 11.1. The molecule has 0 amide bonds. The highest BCUT2D eigenvalue weighted by molar-refractivity contribution is 6.31. The number of ether oxygens (including phenoxy) is 1. The summed E-state index contributed by atoms with van der Waals surface area (Å²) in [5, 5.41) is 12.0.